The van der Waals surface area contributed by atoms with Crippen LogP contribution in [0.15, 0.2) is 0 Å². The third-order valence-corrected chi connectivity index (χ3v) is 4.40. The van der Waals surface area contributed by atoms with Gasteiger partial charge in [0, 0.05) is 20.8 Å². The predicted octanol–water partition coefficient (Wildman–Crippen LogP) is 2.86. The molecule has 0 amide bonds. The molecule has 1 N–H and O–H groups in total. The molecule has 0 saturated carbocycles. The SMILES string of the molecule is CCCCCCCCCCO[Si](O)(OC)OC. The summed E-state index contributed by atoms with van der Waals surface area (Å²) < 4.78 is 14.8. The molecule has 5 heteroatoms. The van der Waals surface area contributed by atoms with Crippen molar-refractivity contribution in [2.75, 3.05) is 20.8 Å². The molecule has 0 aromatic rings. The van der Waals surface area contributed by atoms with Crippen LogP contribution < -0.4 is 0 Å². The van der Waals surface area contributed by atoms with E-state index in [0.717, 1.165) is 12.8 Å². The Morgan fingerprint density at radius 1 is 0.824 bits per heavy atom. The van der Waals surface area contributed by atoms with Gasteiger partial charge in [-0.15, -0.1) is 0 Å². The Balaban J connectivity index is 3.23. The molecule has 17 heavy (non-hydrogen) atoms. The van der Waals surface area contributed by atoms with Gasteiger partial charge >= 0.3 is 9.05 Å². The normalized spacial score (nSPS) is 12.0. The van der Waals surface area contributed by atoms with Crippen molar-refractivity contribution >= 4 is 9.05 Å². The Morgan fingerprint density at radius 2 is 1.29 bits per heavy atom. The molecule has 0 radical (unpaired) electrons. The molecule has 0 fully saturated rings. The Morgan fingerprint density at radius 3 is 1.76 bits per heavy atom. The number of rotatable bonds is 12. The van der Waals surface area contributed by atoms with Crippen LogP contribution in [0.2, 0.25) is 0 Å². The van der Waals surface area contributed by atoms with Gasteiger partial charge in [-0.25, -0.2) is 0 Å². The van der Waals surface area contributed by atoms with Gasteiger partial charge in [-0.2, -0.15) is 0 Å². The molecule has 0 saturated heterocycles. The maximum atomic E-state index is 9.60. The van der Waals surface area contributed by atoms with E-state index in [2.05, 4.69) is 6.92 Å². The highest BCUT2D eigenvalue weighted by molar-refractivity contribution is 6.51. The van der Waals surface area contributed by atoms with E-state index in [1.165, 1.54) is 52.7 Å². The highest BCUT2D eigenvalue weighted by atomic mass is 28.4. The Labute approximate surface area is 107 Å². The molecule has 0 aliphatic carbocycles. The quantitative estimate of drug-likeness (QED) is 0.435. The van der Waals surface area contributed by atoms with Crippen molar-refractivity contribution in [3.05, 3.63) is 0 Å². The smallest absolute Gasteiger partial charge is 0.367 e. The second kappa shape index (κ2) is 11.2. The van der Waals surface area contributed by atoms with Gasteiger partial charge in [-0.3, -0.25) is 0 Å². The van der Waals surface area contributed by atoms with Gasteiger partial charge in [0.2, 0.25) is 0 Å². The van der Waals surface area contributed by atoms with Crippen LogP contribution >= 0.6 is 0 Å². The summed E-state index contributed by atoms with van der Waals surface area (Å²) in [6, 6.07) is 0. The standard InChI is InChI=1S/C12H28O4Si/c1-4-5-6-7-8-9-10-11-12-16-17(13,14-2)15-3/h13H,4-12H2,1-3H3. The summed E-state index contributed by atoms with van der Waals surface area (Å²) in [5.74, 6) is 0. The van der Waals surface area contributed by atoms with Crippen molar-refractivity contribution < 1.29 is 18.1 Å². The second-order valence-corrected chi connectivity index (χ2v) is 6.41. The molecule has 0 aromatic carbocycles. The lowest BCUT2D eigenvalue weighted by Gasteiger charge is -2.18. The topological polar surface area (TPSA) is 47.9 Å². The lowest BCUT2D eigenvalue weighted by molar-refractivity contribution is 0.0222. The number of hydrogen-bond acceptors (Lipinski definition) is 4. The summed E-state index contributed by atoms with van der Waals surface area (Å²) in [6.45, 7) is 2.74. The van der Waals surface area contributed by atoms with Crippen LogP contribution in [-0.4, -0.2) is 34.7 Å². The van der Waals surface area contributed by atoms with Crippen LogP contribution in [0.1, 0.15) is 58.3 Å². The monoisotopic (exact) mass is 264 g/mol. The maximum Gasteiger partial charge on any atom is 0.676 e. The Kier molecular flexibility index (Phi) is 11.2. The first-order valence-corrected chi connectivity index (χ1v) is 8.32. The molecule has 0 atom stereocenters. The summed E-state index contributed by atoms with van der Waals surface area (Å²) in [4.78, 5) is 9.60. The first-order chi connectivity index (χ1) is 8.18. The summed E-state index contributed by atoms with van der Waals surface area (Å²) in [6.07, 6.45) is 9.98. The first kappa shape index (κ1) is 17.1. The van der Waals surface area contributed by atoms with E-state index in [1.54, 1.807) is 0 Å². The average Bonchev–Trinajstić information content (AvgIpc) is 2.36. The molecule has 4 nitrogen and oxygen atoms in total. The van der Waals surface area contributed by atoms with E-state index < -0.39 is 9.05 Å². The van der Waals surface area contributed by atoms with E-state index in [0.29, 0.717) is 6.61 Å². The predicted molar refractivity (Wildman–Crippen MR) is 70.6 cm³/mol. The lowest BCUT2D eigenvalue weighted by atomic mass is 10.1. The highest BCUT2D eigenvalue weighted by Crippen LogP contribution is 2.09. The van der Waals surface area contributed by atoms with Crippen LogP contribution in [0, 0.1) is 0 Å². The third-order valence-electron chi connectivity index (χ3n) is 2.80. The van der Waals surface area contributed by atoms with Crippen molar-refractivity contribution in [2.45, 2.75) is 58.3 Å². The lowest BCUT2D eigenvalue weighted by Crippen LogP contribution is -2.44. The number of unbranched alkanes of at least 4 members (excludes halogenated alkanes) is 7. The van der Waals surface area contributed by atoms with Crippen LogP contribution in [0.4, 0.5) is 0 Å². The van der Waals surface area contributed by atoms with Gasteiger partial charge in [0.15, 0.2) is 0 Å². The van der Waals surface area contributed by atoms with Gasteiger partial charge in [0.25, 0.3) is 0 Å². The molecule has 0 rings (SSSR count). The van der Waals surface area contributed by atoms with Crippen LogP contribution in [-0.2, 0) is 13.3 Å². The second-order valence-electron chi connectivity index (χ2n) is 4.26. The zero-order valence-corrected chi connectivity index (χ0v) is 12.5. The van der Waals surface area contributed by atoms with Crippen molar-refractivity contribution in [2.24, 2.45) is 0 Å². The third kappa shape index (κ3) is 9.73. The zero-order valence-electron chi connectivity index (χ0n) is 11.5. The van der Waals surface area contributed by atoms with E-state index >= 15 is 0 Å². The van der Waals surface area contributed by atoms with Crippen molar-refractivity contribution in [1.29, 1.82) is 0 Å². The maximum absolute atomic E-state index is 9.60. The Bertz CT molecular complexity index is 163. The fourth-order valence-electron chi connectivity index (χ4n) is 1.64. The number of hydrogen-bond donors (Lipinski definition) is 1. The van der Waals surface area contributed by atoms with Crippen molar-refractivity contribution in [1.82, 2.24) is 0 Å². The molecular weight excluding hydrogens is 236 g/mol. The minimum atomic E-state index is -3.28. The Hall–Kier alpha value is 0.0569. The van der Waals surface area contributed by atoms with E-state index in [9.17, 15) is 4.80 Å². The largest absolute Gasteiger partial charge is 0.676 e. The van der Waals surface area contributed by atoms with Crippen molar-refractivity contribution in [3.63, 3.8) is 0 Å². The van der Waals surface area contributed by atoms with E-state index in [4.69, 9.17) is 13.3 Å². The minimum Gasteiger partial charge on any atom is -0.367 e. The molecule has 104 valence electrons. The molecule has 0 aliphatic heterocycles. The summed E-state index contributed by atoms with van der Waals surface area (Å²) in [5.41, 5.74) is 0. The first-order valence-electron chi connectivity index (χ1n) is 6.65. The molecule has 0 aliphatic rings. The molecule has 0 aromatic heterocycles. The minimum absolute atomic E-state index is 0.513. The summed E-state index contributed by atoms with van der Waals surface area (Å²) in [7, 11) is -0.471. The fraction of sp³-hybridized carbons (Fsp3) is 1.00. The zero-order chi connectivity index (χ0) is 13.0. The van der Waals surface area contributed by atoms with Crippen LogP contribution in [0.3, 0.4) is 0 Å². The van der Waals surface area contributed by atoms with Gasteiger partial charge in [-0.1, -0.05) is 51.9 Å². The summed E-state index contributed by atoms with van der Waals surface area (Å²) >= 11 is 0. The highest BCUT2D eigenvalue weighted by Gasteiger charge is 2.38. The van der Waals surface area contributed by atoms with Crippen LogP contribution in [0.5, 0.6) is 0 Å². The summed E-state index contributed by atoms with van der Waals surface area (Å²) in [5, 5.41) is 0. The van der Waals surface area contributed by atoms with Gasteiger partial charge in [0.05, 0.1) is 0 Å². The molecular formula is C12H28O4Si. The average molecular weight is 264 g/mol. The van der Waals surface area contributed by atoms with E-state index in [-0.39, 0.29) is 0 Å². The molecule has 0 heterocycles. The van der Waals surface area contributed by atoms with Gasteiger partial charge in [-0.05, 0) is 6.42 Å². The van der Waals surface area contributed by atoms with Gasteiger partial charge < -0.3 is 18.1 Å². The fourth-order valence-corrected chi connectivity index (χ4v) is 2.44. The molecule has 0 spiro atoms. The molecule has 0 bridgehead atoms. The molecule has 0 unspecified atom stereocenters. The van der Waals surface area contributed by atoms with Crippen LogP contribution in [0.25, 0.3) is 0 Å². The van der Waals surface area contributed by atoms with Crippen molar-refractivity contribution in [3.8, 4) is 0 Å². The van der Waals surface area contributed by atoms with E-state index in [1.807, 2.05) is 0 Å². The van der Waals surface area contributed by atoms with Gasteiger partial charge in [0.1, 0.15) is 0 Å².